The first kappa shape index (κ1) is 20.9. The van der Waals surface area contributed by atoms with E-state index >= 15 is 0 Å². The van der Waals surface area contributed by atoms with Crippen molar-refractivity contribution < 1.29 is 19.1 Å². The minimum Gasteiger partial charge on any atom is -0.427 e. The van der Waals surface area contributed by atoms with Crippen molar-refractivity contribution in [2.45, 2.75) is 19.8 Å². The molecule has 0 atom stereocenters. The zero-order chi connectivity index (χ0) is 20.8. The quantitative estimate of drug-likeness (QED) is 0.599. The minimum atomic E-state index is -0.429. The van der Waals surface area contributed by atoms with E-state index in [0.717, 1.165) is 12.8 Å². The lowest BCUT2D eigenvalue weighted by atomic mass is 9.96. The molecule has 152 valence electrons. The van der Waals surface area contributed by atoms with Crippen LogP contribution in [0.15, 0.2) is 48.5 Å². The number of likely N-dealkylation sites (tertiary alicyclic amines) is 1. The Hall–Kier alpha value is -2.86. The standard InChI is InChI=1S/C22H23ClN2O4/c1-15(26)29-20-7-3-4-17(13-20)21(27)24-14-16-8-10-25(11-9-16)22(28)18-5-2-6-19(23)12-18/h2-7,12-13,16H,8-11,14H2,1H3,(H,24,27). The molecule has 0 aromatic heterocycles. The normalized spacial score (nSPS) is 14.3. The molecule has 0 radical (unpaired) electrons. The Morgan fingerprint density at radius 3 is 2.45 bits per heavy atom. The van der Waals surface area contributed by atoms with Crippen molar-refractivity contribution in [3.8, 4) is 5.75 Å². The van der Waals surface area contributed by atoms with Crippen molar-refractivity contribution in [1.82, 2.24) is 10.2 Å². The largest absolute Gasteiger partial charge is 0.427 e. The molecule has 2 amide bonds. The molecule has 1 saturated heterocycles. The number of piperidine rings is 1. The van der Waals surface area contributed by atoms with E-state index in [-0.39, 0.29) is 11.8 Å². The van der Waals surface area contributed by atoms with E-state index in [4.69, 9.17) is 16.3 Å². The molecule has 1 aliphatic heterocycles. The number of esters is 1. The van der Waals surface area contributed by atoms with Crippen LogP contribution in [0.2, 0.25) is 5.02 Å². The van der Waals surface area contributed by atoms with Gasteiger partial charge < -0.3 is 15.0 Å². The molecule has 1 N–H and O–H groups in total. The molecule has 0 saturated carbocycles. The third kappa shape index (κ3) is 5.81. The second kappa shape index (κ2) is 9.56. The van der Waals surface area contributed by atoms with E-state index in [2.05, 4.69) is 5.32 Å². The number of rotatable bonds is 5. The average molecular weight is 415 g/mol. The second-order valence-corrected chi connectivity index (χ2v) is 7.51. The van der Waals surface area contributed by atoms with Gasteiger partial charge in [0, 0.05) is 42.7 Å². The second-order valence-electron chi connectivity index (χ2n) is 7.08. The number of halogens is 1. The Morgan fingerprint density at radius 2 is 1.76 bits per heavy atom. The van der Waals surface area contributed by atoms with Crippen LogP contribution >= 0.6 is 11.6 Å². The van der Waals surface area contributed by atoms with Crippen molar-refractivity contribution >= 4 is 29.4 Å². The van der Waals surface area contributed by atoms with Gasteiger partial charge in [0.15, 0.2) is 0 Å². The summed E-state index contributed by atoms with van der Waals surface area (Å²) in [5.74, 6) is -0.00709. The highest BCUT2D eigenvalue weighted by atomic mass is 35.5. The maximum absolute atomic E-state index is 12.6. The molecular formula is C22H23ClN2O4. The van der Waals surface area contributed by atoms with Crippen LogP contribution in [0, 0.1) is 5.92 Å². The lowest BCUT2D eigenvalue weighted by Crippen LogP contribution is -2.41. The van der Waals surface area contributed by atoms with E-state index < -0.39 is 5.97 Å². The minimum absolute atomic E-state index is 0.0164. The fourth-order valence-corrected chi connectivity index (χ4v) is 3.54. The number of nitrogens with one attached hydrogen (secondary N) is 1. The lowest BCUT2D eigenvalue weighted by molar-refractivity contribution is -0.131. The topological polar surface area (TPSA) is 75.7 Å². The van der Waals surface area contributed by atoms with Gasteiger partial charge in [-0.25, -0.2) is 0 Å². The molecule has 29 heavy (non-hydrogen) atoms. The predicted molar refractivity (Wildman–Crippen MR) is 110 cm³/mol. The number of amides is 2. The highest BCUT2D eigenvalue weighted by Gasteiger charge is 2.24. The first-order valence-corrected chi connectivity index (χ1v) is 9.91. The van der Waals surface area contributed by atoms with Crippen LogP contribution in [-0.2, 0) is 4.79 Å². The summed E-state index contributed by atoms with van der Waals surface area (Å²) >= 11 is 5.97. The Kier molecular flexibility index (Phi) is 6.88. The number of ether oxygens (including phenoxy) is 1. The zero-order valence-corrected chi connectivity index (χ0v) is 16.9. The first-order valence-electron chi connectivity index (χ1n) is 9.54. The molecule has 6 nitrogen and oxygen atoms in total. The van der Waals surface area contributed by atoms with Gasteiger partial charge in [-0.15, -0.1) is 0 Å². The van der Waals surface area contributed by atoms with Crippen LogP contribution in [0.1, 0.15) is 40.5 Å². The van der Waals surface area contributed by atoms with E-state index in [1.807, 2.05) is 4.90 Å². The van der Waals surface area contributed by atoms with Crippen LogP contribution in [0.25, 0.3) is 0 Å². The summed E-state index contributed by atoms with van der Waals surface area (Å²) in [6, 6.07) is 13.5. The van der Waals surface area contributed by atoms with Gasteiger partial charge in [-0.3, -0.25) is 14.4 Å². The molecule has 0 aliphatic carbocycles. The Bertz CT molecular complexity index is 907. The SMILES string of the molecule is CC(=O)Oc1cccc(C(=O)NCC2CCN(C(=O)c3cccc(Cl)c3)CC2)c1. The van der Waals surface area contributed by atoms with Gasteiger partial charge >= 0.3 is 5.97 Å². The van der Waals surface area contributed by atoms with Crippen molar-refractivity contribution in [1.29, 1.82) is 0 Å². The van der Waals surface area contributed by atoms with E-state index in [0.29, 0.717) is 47.5 Å². The summed E-state index contributed by atoms with van der Waals surface area (Å²) in [7, 11) is 0. The van der Waals surface area contributed by atoms with Gasteiger partial charge in [-0.2, -0.15) is 0 Å². The molecule has 0 bridgehead atoms. The van der Waals surface area contributed by atoms with Crippen molar-refractivity contribution in [3.63, 3.8) is 0 Å². The average Bonchev–Trinajstić information content (AvgIpc) is 2.71. The molecule has 1 heterocycles. The van der Waals surface area contributed by atoms with Crippen molar-refractivity contribution in [2.24, 2.45) is 5.92 Å². The summed E-state index contributed by atoms with van der Waals surface area (Å²) in [5.41, 5.74) is 1.04. The fraction of sp³-hybridized carbons (Fsp3) is 0.318. The van der Waals surface area contributed by atoms with Crippen LogP contribution in [-0.4, -0.2) is 42.3 Å². The van der Waals surface area contributed by atoms with Gasteiger partial charge in [0.1, 0.15) is 5.75 Å². The maximum atomic E-state index is 12.6. The number of benzene rings is 2. The smallest absolute Gasteiger partial charge is 0.308 e. The van der Waals surface area contributed by atoms with E-state index in [9.17, 15) is 14.4 Å². The van der Waals surface area contributed by atoms with Gasteiger partial charge in [-0.1, -0.05) is 23.7 Å². The van der Waals surface area contributed by atoms with Crippen molar-refractivity contribution in [2.75, 3.05) is 19.6 Å². The van der Waals surface area contributed by atoms with Gasteiger partial charge in [0.05, 0.1) is 0 Å². The summed E-state index contributed by atoms with van der Waals surface area (Å²) < 4.78 is 5.01. The van der Waals surface area contributed by atoms with Crippen molar-refractivity contribution in [3.05, 3.63) is 64.7 Å². The highest BCUT2D eigenvalue weighted by molar-refractivity contribution is 6.30. The van der Waals surface area contributed by atoms with E-state index in [1.165, 1.54) is 6.92 Å². The highest BCUT2D eigenvalue weighted by Crippen LogP contribution is 2.20. The van der Waals surface area contributed by atoms with Gasteiger partial charge in [0.25, 0.3) is 11.8 Å². The molecule has 1 fully saturated rings. The first-order chi connectivity index (χ1) is 13.9. The molecule has 3 rings (SSSR count). The monoisotopic (exact) mass is 414 g/mol. The lowest BCUT2D eigenvalue weighted by Gasteiger charge is -2.32. The summed E-state index contributed by atoms with van der Waals surface area (Å²) in [4.78, 5) is 37.8. The molecule has 0 unspecified atom stereocenters. The number of hydrogen-bond donors (Lipinski definition) is 1. The van der Waals surface area contributed by atoms with Gasteiger partial charge in [0.2, 0.25) is 0 Å². The molecular weight excluding hydrogens is 392 g/mol. The fourth-order valence-electron chi connectivity index (χ4n) is 3.35. The molecule has 2 aromatic carbocycles. The number of nitrogens with zero attached hydrogens (tertiary/aromatic N) is 1. The maximum Gasteiger partial charge on any atom is 0.308 e. The summed E-state index contributed by atoms with van der Waals surface area (Å²) in [5, 5.41) is 3.48. The molecule has 1 aliphatic rings. The number of carbonyl (C=O) groups is 3. The third-order valence-electron chi connectivity index (χ3n) is 4.88. The van der Waals surface area contributed by atoms with Crippen LogP contribution in [0.4, 0.5) is 0 Å². The number of carbonyl (C=O) groups excluding carboxylic acids is 3. The van der Waals surface area contributed by atoms with Crippen LogP contribution in [0.3, 0.4) is 0 Å². The Labute approximate surface area is 174 Å². The Balaban J connectivity index is 1.48. The number of hydrogen-bond acceptors (Lipinski definition) is 4. The van der Waals surface area contributed by atoms with E-state index in [1.54, 1.807) is 48.5 Å². The molecule has 2 aromatic rings. The predicted octanol–water partition coefficient (Wildman–Crippen LogP) is 3.55. The summed E-state index contributed by atoms with van der Waals surface area (Å²) in [6.07, 6.45) is 1.64. The molecule has 0 spiro atoms. The van der Waals surface area contributed by atoms with Crippen LogP contribution < -0.4 is 10.1 Å². The van der Waals surface area contributed by atoms with Gasteiger partial charge in [-0.05, 0) is 55.2 Å². The third-order valence-corrected chi connectivity index (χ3v) is 5.12. The van der Waals surface area contributed by atoms with Crippen LogP contribution in [0.5, 0.6) is 5.75 Å². The Morgan fingerprint density at radius 1 is 1.07 bits per heavy atom. The zero-order valence-electron chi connectivity index (χ0n) is 16.2. The summed E-state index contributed by atoms with van der Waals surface area (Å²) in [6.45, 7) is 3.15. The molecule has 7 heteroatoms.